The summed E-state index contributed by atoms with van der Waals surface area (Å²) in [7, 11) is -1.23. The standard InChI is InChI=1S/C20H25N5O3S/c1-4-7-17-21-13(3)18-20(26)22-19(23-25(17)18)15-12-14(8-9-16(15)28-5-2)29(27)24-10-6-11-24/h8-9,12H,4-7,10-11H2,1-3H3,(H,22,23,26). The molecule has 3 aromatic rings. The number of aryl methyl sites for hydroxylation is 2. The van der Waals surface area contributed by atoms with Crippen LogP contribution in [0.1, 0.15) is 38.2 Å². The van der Waals surface area contributed by atoms with Crippen LogP contribution in [0, 0.1) is 6.92 Å². The molecule has 4 rings (SSSR count). The van der Waals surface area contributed by atoms with Crippen LogP contribution in [0.25, 0.3) is 16.9 Å². The second kappa shape index (κ2) is 8.08. The van der Waals surface area contributed by atoms with E-state index in [0.717, 1.165) is 38.2 Å². The number of nitrogens with zero attached hydrogens (tertiary/aromatic N) is 4. The number of aromatic amines is 1. The van der Waals surface area contributed by atoms with Gasteiger partial charge in [0.1, 0.15) is 22.6 Å². The molecule has 1 N–H and O–H groups in total. The van der Waals surface area contributed by atoms with Gasteiger partial charge in [-0.05, 0) is 44.9 Å². The Labute approximate surface area is 171 Å². The SMILES string of the molecule is CCCc1nc(C)c2c(=O)[nH]c(-c3cc(S(=O)N4CCC4)ccc3OCC)nn12. The van der Waals surface area contributed by atoms with E-state index < -0.39 is 11.0 Å². The van der Waals surface area contributed by atoms with E-state index in [1.807, 2.05) is 24.2 Å². The number of aromatic nitrogens is 4. The van der Waals surface area contributed by atoms with Crippen molar-refractivity contribution in [3.05, 3.63) is 40.1 Å². The van der Waals surface area contributed by atoms with E-state index in [2.05, 4.69) is 22.0 Å². The third-order valence-corrected chi connectivity index (χ3v) is 6.46. The molecule has 8 nitrogen and oxygen atoms in total. The van der Waals surface area contributed by atoms with E-state index >= 15 is 0 Å². The number of nitrogens with one attached hydrogen (secondary N) is 1. The third-order valence-electron chi connectivity index (χ3n) is 4.97. The summed E-state index contributed by atoms with van der Waals surface area (Å²) in [5.41, 5.74) is 1.48. The van der Waals surface area contributed by atoms with Crippen LogP contribution in [0.3, 0.4) is 0 Å². The van der Waals surface area contributed by atoms with Gasteiger partial charge in [0.25, 0.3) is 5.56 Å². The van der Waals surface area contributed by atoms with Gasteiger partial charge in [0.2, 0.25) is 0 Å². The quantitative estimate of drug-likeness (QED) is 0.640. The van der Waals surface area contributed by atoms with Crippen molar-refractivity contribution < 1.29 is 8.95 Å². The average molecular weight is 416 g/mol. The molecule has 29 heavy (non-hydrogen) atoms. The maximum Gasteiger partial charge on any atom is 0.277 e. The fourth-order valence-electron chi connectivity index (χ4n) is 3.43. The van der Waals surface area contributed by atoms with Crippen LogP contribution in [0.4, 0.5) is 0 Å². The van der Waals surface area contributed by atoms with Gasteiger partial charge in [-0.2, -0.15) is 0 Å². The highest BCUT2D eigenvalue weighted by atomic mass is 32.2. The Kier molecular flexibility index (Phi) is 5.51. The Morgan fingerprint density at radius 1 is 1.28 bits per heavy atom. The predicted molar refractivity (Wildman–Crippen MR) is 112 cm³/mol. The zero-order valence-electron chi connectivity index (χ0n) is 16.9. The van der Waals surface area contributed by atoms with Crippen LogP contribution in [-0.2, 0) is 17.4 Å². The highest BCUT2D eigenvalue weighted by Crippen LogP contribution is 2.31. The summed E-state index contributed by atoms with van der Waals surface area (Å²) in [5.74, 6) is 1.72. The van der Waals surface area contributed by atoms with Crippen molar-refractivity contribution in [2.75, 3.05) is 19.7 Å². The highest BCUT2D eigenvalue weighted by Gasteiger charge is 2.23. The lowest BCUT2D eigenvalue weighted by Crippen LogP contribution is -2.38. The molecule has 1 aromatic carbocycles. The topological polar surface area (TPSA) is 92.6 Å². The molecule has 0 saturated carbocycles. The summed E-state index contributed by atoms with van der Waals surface area (Å²) in [6, 6.07) is 5.40. The van der Waals surface area contributed by atoms with Crippen LogP contribution >= 0.6 is 0 Å². The minimum absolute atomic E-state index is 0.251. The van der Waals surface area contributed by atoms with Crippen LogP contribution in [0.15, 0.2) is 27.9 Å². The van der Waals surface area contributed by atoms with Crippen molar-refractivity contribution >= 4 is 16.5 Å². The molecule has 0 aliphatic carbocycles. The summed E-state index contributed by atoms with van der Waals surface area (Å²) in [6.07, 6.45) is 2.68. The smallest absolute Gasteiger partial charge is 0.277 e. The molecule has 1 atom stereocenters. The second-order valence-corrected chi connectivity index (χ2v) is 8.54. The Balaban J connectivity index is 1.87. The van der Waals surface area contributed by atoms with E-state index in [9.17, 15) is 9.00 Å². The Bertz CT molecular complexity index is 1130. The first kappa shape index (κ1) is 19.8. The maximum absolute atomic E-state index is 12.8. The summed E-state index contributed by atoms with van der Waals surface area (Å²) in [5, 5.41) is 4.67. The molecule has 1 aliphatic heterocycles. The number of fused-ring (bicyclic) bond motifs is 1. The minimum atomic E-state index is -1.23. The number of imidazole rings is 1. The molecule has 0 radical (unpaired) electrons. The van der Waals surface area contributed by atoms with E-state index in [1.165, 1.54) is 0 Å². The minimum Gasteiger partial charge on any atom is -0.493 e. The van der Waals surface area contributed by atoms with Gasteiger partial charge in [-0.15, -0.1) is 5.10 Å². The molecule has 0 spiro atoms. The molecule has 0 amide bonds. The molecular weight excluding hydrogens is 390 g/mol. The van der Waals surface area contributed by atoms with Gasteiger partial charge in [-0.25, -0.2) is 18.0 Å². The van der Waals surface area contributed by atoms with E-state index in [4.69, 9.17) is 4.74 Å². The number of ether oxygens (including phenoxy) is 1. The third kappa shape index (κ3) is 3.60. The van der Waals surface area contributed by atoms with E-state index in [0.29, 0.717) is 39.9 Å². The lowest BCUT2D eigenvalue weighted by atomic mass is 10.2. The van der Waals surface area contributed by atoms with E-state index in [1.54, 1.807) is 16.6 Å². The number of benzene rings is 1. The van der Waals surface area contributed by atoms with Crippen molar-refractivity contribution in [1.82, 2.24) is 23.9 Å². The molecule has 0 bridgehead atoms. The summed E-state index contributed by atoms with van der Waals surface area (Å²) >= 11 is 0. The maximum atomic E-state index is 12.8. The van der Waals surface area contributed by atoms with Gasteiger partial charge in [0, 0.05) is 19.5 Å². The van der Waals surface area contributed by atoms with Crippen LogP contribution < -0.4 is 10.3 Å². The van der Waals surface area contributed by atoms with E-state index in [-0.39, 0.29) is 5.56 Å². The fourth-order valence-corrected chi connectivity index (χ4v) is 4.72. The van der Waals surface area contributed by atoms with Crippen LogP contribution in [-0.4, -0.2) is 47.8 Å². The molecule has 1 fully saturated rings. The van der Waals surface area contributed by atoms with Crippen molar-refractivity contribution in [1.29, 1.82) is 0 Å². The zero-order valence-corrected chi connectivity index (χ0v) is 17.7. The molecular formula is C20H25N5O3S. The molecule has 154 valence electrons. The molecule has 3 heterocycles. The van der Waals surface area contributed by atoms with Crippen molar-refractivity contribution in [2.24, 2.45) is 0 Å². The molecule has 1 unspecified atom stereocenters. The normalized spacial score (nSPS) is 15.4. The lowest BCUT2D eigenvalue weighted by molar-refractivity contribution is 0.327. The largest absolute Gasteiger partial charge is 0.493 e. The van der Waals surface area contributed by atoms with Gasteiger partial charge in [-0.1, -0.05) is 6.92 Å². The van der Waals surface area contributed by atoms with Crippen molar-refractivity contribution in [2.45, 2.75) is 44.9 Å². The molecule has 1 aliphatic rings. The van der Waals surface area contributed by atoms with Crippen molar-refractivity contribution in [3.8, 4) is 17.1 Å². The number of rotatable bonds is 7. The molecule has 1 saturated heterocycles. The van der Waals surface area contributed by atoms with Gasteiger partial charge in [-0.3, -0.25) is 4.79 Å². The summed E-state index contributed by atoms with van der Waals surface area (Å²) in [6.45, 7) is 7.89. The number of hydrogen-bond donors (Lipinski definition) is 1. The van der Waals surface area contributed by atoms with Gasteiger partial charge >= 0.3 is 0 Å². The first-order valence-corrected chi connectivity index (χ1v) is 11.1. The monoisotopic (exact) mass is 415 g/mol. The summed E-state index contributed by atoms with van der Waals surface area (Å²) < 4.78 is 22.1. The van der Waals surface area contributed by atoms with Crippen molar-refractivity contribution in [3.63, 3.8) is 0 Å². The van der Waals surface area contributed by atoms with Gasteiger partial charge < -0.3 is 9.72 Å². The molecule has 9 heteroatoms. The zero-order chi connectivity index (χ0) is 20.5. The number of hydrogen-bond acceptors (Lipinski definition) is 5. The number of H-pyrrole nitrogens is 1. The first-order chi connectivity index (χ1) is 14.0. The molecule has 2 aromatic heterocycles. The Morgan fingerprint density at radius 3 is 2.72 bits per heavy atom. The Hall–Kier alpha value is -2.52. The van der Waals surface area contributed by atoms with Gasteiger partial charge in [0.05, 0.1) is 22.8 Å². The average Bonchev–Trinajstić information content (AvgIpc) is 2.97. The van der Waals surface area contributed by atoms with Crippen LogP contribution in [0.2, 0.25) is 0 Å². The summed E-state index contributed by atoms with van der Waals surface area (Å²) in [4.78, 5) is 20.8. The van der Waals surface area contributed by atoms with Gasteiger partial charge in [0.15, 0.2) is 11.3 Å². The highest BCUT2D eigenvalue weighted by molar-refractivity contribution is 7.82. The predicted octanol–water partition coefficient (Wildman–Crippen LogP) is 2.47. The first-order valence-electron chi connectivity index (χ1n) is 9.96. The van der Waals surface area contributed by atoms with Crippen LogP contribution in [0.5, 0.6) is 5.75 Å². The Morgan fingerprint density at radius 2 is 2.07 bits per heavy atom. The lowest BCUT2D eigenvalue weighted by Gasteiger charge is -2.29. The second-order valence-electron chi connectivity index (χ2n) is 7.05. The fraction of sp³-hybridized carbons (Fsp3) is 0.450.